The lowest BCUT2D eigenvalue weighted by Crippen LogP contribution is -2.26. The van der Waals surface area contributed by atoms with Crippen LogP contribution in [0, 0.1) is 29.6 Å². The number of aromatic nitrogens is 15. The molecule has 5 aliphatic heterocycles. The van der Waals surface area contributed by atoms with Crippen molar-refractivity contribution < 1.29 is 25.5 Å². The molecule has 7 aliphatic carbocycles. The van der Waals surface area contributed by atoms with Crippen molar-refractivity contribution in [2.45, 2.75) is 291 Å². The number of aliphatic hydroxyl groups excluding tert-OH is 5. The fraction of sp³-hybridized carbons (Fsp3) is 0.560. The van der Waals surface area contributed by atoms with Crippen LogP contribution in [0.15, 0.2) is 123 Å². The summed E-state index contributed by atoms with van der Waals surface area (Å²) in [6.45, 7) is 0. The highest BCUT2D eigenvalue weighted by molar-refractivity contribution is 6.30. The predicted octanol–water partition coefficient (Wildman–Crippen LogP) is 19.6. The lowest BCUT2D eigenvalue weighted by Gasteiger charge is -2.28. The Hall–Kier alpha value is -7.53. The van der Waals surface area contributed by atoms with Gasteiger partial charge >= 0.3 is 0 Å². The molecule has 10 atom stereocenters. The average molecular weight is 1600 g/mol. The van der Waals surface area contributed by atoms with Crippen LogP contribution in [-0.2, 0) is 0 Å². The van der Waals surface area contributed by atoms with Crippen LogP contribution in [0.4, 0.5) is 0 Å². The van der Waals surface area contributed by atoms with Gasteiger partial charge < -0.3 is 48.4 Å². The van der Waals surface area contributed by atoms with Crippen LogP contribution in [0.25, 0.3) is 56.3 Å². The van der Waals surface area contributed by atoms with Crippen molar-refractivity contribution in [1.29, 1.82) is 0 Å². The maximum absolute atomic E-state index is 10.9. The minimum atomic E-state index is -0.285. The van der Waals surface area contributed by atoms with Gasteiger partial charge in [0, 0.05) is 83.1 Å². The molecule has 5 N–H and O–H groups in total. The van der Waals surface area contributed by atoms with Gasteiger partial charge in [0.2, 0.25) is 0 Å². The van der Waals surface area contributed by atoms with Gasteiger partial charge in [-0.3, -0.25) is 9.97 Å². The fourth-order valence-electron chi connectivity index (χ4n) is 21.2. The Morgan fingerprint density at radius 2 is 0.465 bits per heavy atom. The highest BCUT2D eigenvalue weighted by atomic mass is 35.5. The summed E-state index contributed by atoms with van der Waals surface area (Å²) in [4.78, 5) is 45.1. The second-order valence-electron chi connectivity index (χ2n) is 35.1. The molecule has 10 aromatic heterocycles. The number of pyridine rings is 5. The van der Waals surface area contributed by atoms with Gasteiger partial charge in [-0.2, -0.15) is 0 Å². The molecule has 0 radical (unpaired) electrons. The molecule has 0 bridgehead atoms. The fourth-order valence-corrected chi connectivity index (χ4v) is 21.7. The molecule has 15 heterocycles. The molecule has 10 aromatic rings. The van der Waals surface area contributed by atoms with E-state index >= 15 is 0 Å². The van der Waals surface area contributed by atoms with Crippen molar-refractivity contribution in [1.82, 2.24) is 72.7 Å². The number of rotatable bonds is 17. The molecule has 7 saturated carbocycles. The van der Waals surface area contributed by atoms with E-state index < -0.39 is 0 Å². The molecule has 10 unspecified atom stereocenters. The third-order valence-electron chi connectivity index (χ3n) is 27.8. The van der Waals surface area contributed by atoms with E-state index in [9.17, 15) is 25.5 Å². The van der Waals surface area contributed by atoms with E-state index in [-0.39, 0.29) is 60.7 Å². The van der Waals surface area contributed by atoms with Crippen LogP contribution in [0.2, 0.25) is 15.5 Å². The van der Waals surface area contributed by atoms with Crippen LogP contribution in [-0.4, -0.2) is 129 Å². The first-order chi connectivity index (χ1) is 55.8. The first-order valence-electron chi connectivity index (χ1n) is 43.4. The molecule has 0 saturated heterocycles. The van der Waals surface area contributed by atoms with Gasteiger partial charge in [-0.15, -0.1) is 0 Å². The predicted molar refractivity (Wildman–Crippen MR) is 443 cm³/mol. The number of fused-ring (bicyclic) bond motifs is 15. The summed E-state index contributed by atoms with van der Waals surface area (Å²) in [5.41, 5.74) is 18.9. The number of halogens is 3. The lowest BCUT2D eigenvalue weighted by atomic mass is 9.83. The Morgan fingerprint density at radius 1 is 0.263 bits per heavy atom. The Kier molecular flexibility index (Phi) is 23.6. The van der Waals surface area contributed by atoms with E-state index in [0.29, 0.717) is 76.1 Å². The lowest BCUT2D eigenvalue weighted by molar-refractivity contribution is 0.0681. The summed E-state index contributed by atoms with van der Waals surface area (Å²) in [5, 5.41) is 55.3. The van der Waals surface area contributed by atoms with Gasteiger partial charge in [0.1, 0.15) is 15.5 Å². The number of hydrogen-bond donors (Lipinski definition) is 5. The van der Waals surface area contributed by atoms with Gasteiger partial charge in [-0.25, -0.2) is 39.9 Å². The Morgan fingerprint density at radius 3 is 0.675 bits per heavy atom. The van der Waals surface area contributed by atoms with Crippen molar-refractivity contribution in [2.24, 2.45) is 29.6 Å². The topological polar surface area (TPSA) is 255 Å². The van der Waals surface area contributed by atoms with Crippen LogP contribution in [0.1, 0.15) is 300 Å². The van der Waals surface area contributed by atoms with Gasteiger partial charge in [0.15, 0.2) is 0 Å². The van der Waals surface area contributed by atoms with Crippen LogP contribution in [0.5, 0.6) is 0 Å². The summed E-state index contributed by atoms with van der Waals surface area (Å²) in [7, 11) is 0. The largest absolute Gasteiger partial charge is 0.393 e. The zero-order valence-corrected chi connectivity index (χ0v) is 67.7. The summed E-state index contributed by atoms with van der Waals surface area (Å²) in [5.74, 6) is 3.51. The third-order valence-corrected chi connectivity index (χ3v) is 28.4. The third kappa shape index (κ3) is 16.4. The minimum absolute atomic E-state index is 0.0446. The first-order valence-corrected chi connectivity index (χ1v) is 44.5. The monoisotopic (exact) mass is 1600 g/mol. The smallest absolute Gasteiger partial charge is 0.129 e. The van der Waals surface area contributed by atoms with Crippen LogP contribution in [0.3, 0.4) is 0 Å². The highest BCUT2D eigenvalue weighted by Crippen LogP contribution is 2.51. The van der Waals surface area contributed by atoms with Gasteiger partial charge in [-0.1, -0.05) is 131 Å². The van der Waals surface area contributed by atoms with E-state index in [1.807, 2.05) is 99.0 Å². The van der Waals surface area contributed by atoms with Crippen molar-refractivity contribution in [3.05, 3.63) is 179 Å². The van der Waals surface area contributed by atoms with Crippen molar-refractivity contribution in [3.8, 4) is 56.3 Å². The number of aliphatic hydroxyl groups is 5. The average Bonchev–Trinajstić information content (AvgIpc) is 1.63. The maximum Gasteiger partial charge on any atom is 0.129 e. The van der Waals surface area contributed by atoms with Gasteiger partial charge in [0.25, 0.3) is 0 Å². The molecule has 20 nitrogen and oxygen atoms in total. The van der Waals surface area contributed by atoms with Gasteiger partial charge in [0.05, 0.1) is 180 Å². The molecular weight excluding hydrogens is 1490 g/mol. The molecule has 7 fully saturated rings. The molecule has 114 heavy (non-hydrogen) atoms. The van der Waals surface area contributed by atoms with Crippen molar-refractivity contribution in [2.75, 3.05) is 0 Å². The quantitative estimate of drug-likeness (QED) is 0.0531. The number of nitrogens with zero attached hydrogens (tertiary/aromatic N) is 15. The van der Waals surface area contributed by atoms with E-state index in [4.69, 9.17) is 44.8 Å². The summed E-state index contributed by atoms with van der Waals surface area (Å²) < 4.78 is 10.8. The SMILES string of the molecule is OC(CC1c2nc(C3CC3)ccc2-c2cncn21)C1CCCCC1.OC(CC1c2nc(C3CC3)ccc2-c2cncn21)C1CCCCC1.OC(CC1c2nc(Cl)ccc2-c2cncn21)C1CCCCC1.OC(CC1c2nc(Cl)ccc2-c2cncn21)C1CCCCC1.OC(CC1c2nc(Cl)ccc2-c2cncn21)C1CCCCC1. The zero-order chi connectivity index (χ0) is 77.5. The van der Waals surface area contributed by atoms with Crippen molar-refractivity contribution in [3.63, 3.8) is 0 Å². The molecule has 12 aliphatic rings. The molecule has 0 spiro atoms. The molecule has 0 aromatic carbocycles. The second-order valence-corrected chi connectivity index (χ2v) is 36.3. The van der Waals surface area contributed by atoms with Crippen LogP contribution < -0.4 is 0 Å². The standard InChI is InChI=1S/2C20H25N3O.3C17H20ClN3O/c2*24-19(14-4-2-1-3-5-14)10-17-20-15(18-11-21-12-23(17)18)8-9-16(22-20)13-6-7-13;3*18-16-7-6-12-14-9-19-10-21(14)13(17(12)20-16)8-15(22)11-4-2-1-3-5-11/h2*8-9,11-14,17,19,24H,1-7,10H2;3*6-7,9-11,13,15,22H,1-5,8H2. The molecule has 600 valence electrons. The maximum atomic E-state index is 10.9. The minimum Gasteiger partial charge on any atom is -0.393 e. The molecule has 22 rings (SSSR count). The Bertz CT molecular complexity index is 4530. The normalized spacial score (nSPS) is 23.3. The second kappa shape index (κ2) is 34.6. The van der Waals surface area contributed by atoms with E-state index in [1.165, 1.54) is 170 Å². The Labute approximate surface area is 684 Å². The van der Waals surface area contributed by atoms with Crippen molar-refractivity contribution >= 4 is 34.8 Å². The van der Waals surface area contributed by atoms with Gasteiger partial charge in [-0.05, 0) is 180 Å². The zero-order valence-electron chi connectivity index (χ0n) is 65.5. The molecular formula is C91H110Cl3N15O5. The highest BCUT2D eigenvalue weighted by Gasteiger charge is 2.42. The first kappa shape index (κ1) is 77.7. The number of imidazole rings is 5. The summed E-state index contributed by atoms with van der Waals surface area (Å²) in [6.07, 6.45) is 56.8. The van der Waals surface area contributed by atoms with Crippen LogP contribution >= 0.6 is 34.8 Å². The summed E-state index contributed by atoms with van der Waals surface area (Å²) in [6, 6.07) is 20.7. The van der Waals surface area contributed by atoms with E-state index in [2.05, 4.69) is 87.0 Å². The molecule has 23 heteroatoms. The summed E-state index contributed by atoms with van der Waals surface area (Å²) >= 11 is 18.3. The van der Waals surface area contributed by atoms with E-state index in [0.717, 1.165) is 125 Å². The number of hydrogen-bond acceptors (Lipinski definition) is 15. The Balaban J connectivity index is 0.0000000991. The molecule has 0 amide bonds. The van der Waals surface area contributed by atoms with E-state index in [1.54, 1.807) is 0 Å².